The van der Waals surface area contributed by atoms with Crippen LogP contribution in [0.3, 0.4) is 0 Å². The van der Waals surface area contributed by atoms with Crippen LogP contribution in [-0.4, -0.2) is 18.5 Å². The summed E-state index contributed by atoms with van der Waals surface area (Å²) in [6.07, 6.45) is 1.87. The van der Waals surface area contributed by atoms with Gasteiger partial charge >= 0.3 is 12.3 Å². The van der Waals surface area contributed by atoms with Gasteiger partial charge in [-0.05, 0) is 79.9 Å². The average Bonchev–Trinajstić information content (AvgIpc) is 2.78. The maximum Gasteiger partial charge on any atom is 0.439 e. The molecular formula is C26H34F6O. The van der Waals surface area contributed by atoms with E-state index in [9.17, 15) is 26.3 Å². The van der Waals surface area contributed by atoms with Gasteiger partial charge in [0.05, 0.1) is 0 Å². The van der Waals surface area contributed by atoms with E-state index in [2.05, 4.69) is 17.7 Å². The van der Waals surface area contributed by atoms with E-state index in [1.54, 1.807) is 0 Å². The Morgan fingerprint density at radius 2 is 1.42 bits per heavy atom. The summed E-state index contributed by atoms with van der Waals surface area (Å²) in [7, 11) is 0. The first-order valence-corrected chi connectivity index (χ1v) is 12.1. The lowest BCUT2D eigenvalue weighted by atomic mass is 9.68. The topological polar surface area (TPSA) is 9.23 Å². The molecule has 1 aromatic rings. The second-order valence-corrected chi connectivity index (χ2v) is 9.74. The van der Waals surface area contributed by atoms with Crippen molar-refractivity contribution < 1.29 is 31.1 Å². The first-order chi connectivity index (χ1) is 15.6. The maximum absolute atomic E-state index is 13.4. The molecule has 0 radical (unpaired) electrons. The monoisotopic (exact) mass is 476 g/mol. The highest BCUT2D eigenvalue weighted by atomic mass is 19.4. The highest BCUT2D eigenvalue weighted by Gasteiger charge is 2.59. The molecule has 7 heteroatoms. The summed E-state index contributed by atoms with van der Waals surface area (Å²) in [5.74, 6) is 2.58. The van der Waals surface area contributed by atoms with Crippen molar-refractivity contribution in [3.63, 3.8) is 0 Å². The van der Waals surface area contributed by atoms with Crippen molar-refractivity contribution >= 4 is 6.08 Å². The first kappa shape index (κ1) is 26.0. The van der Waals surface area contributed by atoms with E-state index in [1.165, 1.54) is 63.5 Å². The van der Waals surface area contributed by atoms with E-state index in [0.29, 0.717) is 5.92 Å². The van der Waals surface area contributed by atoms with Gasteiger partial charge in [-0.1, -0.05) is 56.9 Å². The lowest BCUT2D eigenvalue weighted by molar-refractivity contribution is -0.304. The zero-order chi connectivity index (χ0) is 24.1. The molecule has 0 aliphatic heterocycles. The Kier molecular flexibility index (Phi) is 8.79. The summed E-state index contributed by atoms with van der Waals surface area (Å²) in [5, 5.41) is 0. The molecular weight excluding hydrogens is 442 g/mol. The van der Waals surface area contributed by atoms with Gasteiger partial charge in [-0.2, -0.15) is 22.0 Å². The first-order valence-electron chi connectivity index (χ1n) is 12.1. The Morgan fingerprint density at radius 3 is 1.94 bits per heavy atom. The predicted molar refractivity (Wildman–Crippen MR) is 118 cm³/mol. The van der Waals surface area contributed by atoms with Gasteiger partial charge in [0.15, 0.2) is 0 Å². The normalized spacial score (nSPS) is 28.1. The molecule has 2 aliphatic carbocycles. The Labute approximate surface area is 192 Å². The van der Waals surface area contributed by atoms with Gasteiger partial charge in [0.1, 0.15) is 5.75 Å². The van der Waals surface area contributed by atoms with E-state index in [-0.39, 0.29) is 0 Å². The molecule has 3 rings (SSSR count). The minimum atomic E-state index is -5.69. The van der Waals surface area contributed by atoms with Crippen molar-refractivity contribution in [1.29, 1.82) is 0 Å². The van der Waals surface area contributed by atoms with Crippen molar-refractivity contribution in [2.75, 3.05) is 0 Å². The van der Waals surface area contributed by atoms with Crippen LogP contribution in [0.5, 0.6) is 5.75 Å². The summed E-state index contributed by atoms with van der Waals surface area (Å²) in [5.41, 5.74) is 0.731. The second kappa shape index (κ2) is 11.2. The number of halogens is 6. The zero-order valence-corrected chi connectivity index (χ0v) is 19.1. The van der Waals surface area contributed by atoms with Crippen molar-refractivity contribution in [3.8, 4) is 5.75 Å². The molecule has 0 heterocycles. The predicted octanol–water partition coefficient (Wildman–Crippen LogP) is 8.98. The zero-order valence-electron chi connectivity index (χ0n) is 19.1. The van der Waals surface area contributed by atoms with Crippen LogP contribution in [0, 0.1) is 23.7 Å². The Balaban J connectivity index is 1.45. The molecule has 1 atom stereocenters. The fraction of sp³-hybridized carbons (Fsp3) is 0.692. The molecule has 2 aliphatic rings. The van der Waals surface area contributed by atoms with Gasteiger partial charge in [-0.3, -0.25) is 0 Å². The quantitative estimate of drug-likeness (QED) is 0.340. The van der Waals surface area contributed by atoms with Crippen LogP contribution >= 0.6 is 0 Å². The molecule has 0 saturated heterocycles. The molecule has 2 saturated carbocycles. The van der Waals surface area contributed by atoms with E-state index < -0.39 is 24.2 Å². The number of rotatable bonds is 8. The molecule has 1 aromatic carbocycles. The van der Waals surface area contributed by atoms with Crippen LogP contribution in [0.25, 0.3) is 6.08 Å². The smallest absolute Gasteiger partial charge is 0.430 e. The number of allylic oxidation sites excluding steroid dienone is 1. The van der Waals surface area contributed by atoms with Crippen molar-refractivity contribution in [2.45, 2.75) is 89.6 Å². The second-order valence-electron chi connectivity index (χ2n) is 9.74. The van der Waals surface area contributed by atoms with Crippen molar-refractivity contribution in [3.05, 3.63) is 35.9 Å². The van der Waals surface area contributed by atoms with E-state index in [0.717, 1.165) is 48.3 Å². The fourth-order valence-electron chi connectivity index (χ4n) is 5.46. The van der Waals surface area contributed by atoms with Crippen LogP contribution in [-0.2, 0) is 0 Å². The highest BCUT2D eigenvalue weighted by Crippen LogP contribution is 2.42. The minimum Gasteiger partial charge on any atom is -0.430 e. The minimum absolute atomic E-state index is 0.469. The van der Waals surface area contributed by atoms with Crippen LogP contribution in [0.15, 0.2) is 30.3 Å². The van der Waals surface area contributed by atoms with Crippen LogP contribution < -0.4 is 4.74 Å². The van der Waals surface area contributed by atoms with Gasteiger partial charge in [-0.15, -0.1) is 0 Å². The molecule has 2 fully saturated rings. The fourth-order valence-corrected chi connectivity index (χ4v) is 5.46. The van der Waals surface area contributed by atoms with Crippen LogP contribution in [0.4, 0.5) is 26.3 Å². The molecule has 0 amide bonds. The number of hydrogen-bond acceptors (Lipinski definition) is 1. The molecule has 0 bridgehead atoms. The number of hydrogen-bond donors (Lipinski definition) is 0. The van der Waals surface area contributed by atoms with E-state index in [4.69, 9.17) is 0 Å². The van der Waals surface area contributed by atoms with E-state index >= 15 is 0 Å². The van der Waals surface area contributed by atoms with Crippen LogP contribution in [0.1, 0.15) is 76.7 Å². The molecule has 1 unspecified atom stereocenters. The molecule has 0 aromatic heterocycles. The van der Waals surface area contributed by atoms with Crippen molar-refractivity contribution in [1.82, 2.24) is 0 Å². The van der Waals surface area contributed by atoms with E-state index in [1.807, 2.05) is 6.08 Å². The van der Waals surface area contributed by atoms with Gasteiger partial charge < -0.3 is 4.74 Å². The molecule has 33 heavy (non-hydrogen) atoms. The Morgan fingerprint density at radius 1 is 0.879 bits per heavy atom. The Bertz CT molecular complexity index is 741. The summed E-state index contributed by atoms with van der Waals surface area (Å²) >= 11 is 0. The largest absolute Gasteiger partial charge is 0.439 e. The summed E-state index contributed by atoms with van der Waals surface area (Å²) in [6, 6.07) is 5.21. The lowest BCUT2D eigenvalue weighted by Crippen LogP contribution is -2.45. The van der Waals surface area contributed by atoms with Crippen molar-refractivity contribution in [2.24, 2.45) is 23.7 Å². The average molecular weight is 477 g/mol. The van der Waals surface area contributed by atoms with Gasteiger partial charge in [0, 0.05) is 0 Å². The lowest BCUT2D eigenvalue weighted by Gasteiger charge is -2.37. The number of alkyl halides is 6. The standard InChI is InChI=1S/C26H34F6O/c1-2-3-18-6-12-21(13-7-18)22-14-8-19(9-15-22)4-5-20-10-16-23(17-11-20)33-26(31,32)24(27)25(28,29)30/h4-5,10-11,16-19,21-22,24H,2-3,6-9,12-15H2,1H3/b5-4+. The maximum atomic E-state index is 13.4. The number of benzene rings is 1. The van der Waals surface area contributed by atoms with Gasteiger partial charge in [0.2, 0.25) is 0 Å². The third-order valence-corrected chi connectivity index (χ3v) is 7.35. The summed E-state index contributed by atoms with van der Waals surface area (Å²) in [4.78, 5) is 0. The van der Waals surface area contributed by atoms with Crippen LogP contribution in [0.2, 0.25) is 0 Å². The molecule has 1 nitrogen and oxygen atoms in total. The molecule has 186 valence electrons. The Hall–Kier alpha value is -1.66. The SMILES string of the molecule is CCCC1CCC(C2CCC(/C=C/c3ccc(OC(F)(F)C(F)C(F)(F)F)cc3)CC2)CC1. The third-order valence-electron chi connectivity index (χ3n) is 7.35. The number of ether oxygens (including phenoxy) is 1. The molecule has 0 N–H and O–H groups in total. The van der Waals surface area contributed by atoms with Gasteiger partial charge in [-0.25, -0.2) is 4.39 Å². The summed E-state index contributed by atoms with van der Waals surface area (Å²) < 4.78 is 80.4. The highest BCUT2D eigenvalue weighted by molar-refractivity contribution is 5.50. The third kappa shape index (κ3) is 7.41. The van der Waals surface area contributed by atoms with Gasteiger partial charge in [0.25, 0.3) is 6.17 Å². The summed E-state index contributed by atoms with van der Waals surface area (Å²) in [6.45, 7) is 2.26. The molecule has 0 spiro atoms.